The second kappa shape index (κ2) is 12.9. The van der Waals surface area contributed by atoms with Crippen LogP contribution in [0, 0.1) is 0 Å². The highest BCUT2D eigenvalue weighted by Gasteiger charge is 2.23. The lowest BCUT2D eigenvalue weighted by Gasteiger charge is -2.33. The van der Waals surface area contributed by atoms with Gasteiger partial charge in [-0.25, -0.2) is 0 Å². The van der Waals surface area contributed by atoms with E-state index >= 15 is 0 Å². The van der Waals surface area contributed by atoms with Crippen LogP contribution in [0.5, 0.6) is 17.2 Å². The predicted octanol–water partition coefficient (Wildman–Crippen LogP) is 5.04. The lowest BCUT2D eigenvalue weighted by Crippen LogP contribution is -2.43. The van der Waals surface area contributed by atoms with Crippen LogP contribution in [-0.4, -0.2) is 73.9 Å². The first-order valence-electron chi connectivity index (χ1n) is 13.5. The first kappa shape index (κ1) is 26.9. The molecule has 3 heterocycles. The molecule has 7 nitrogen and oxygen atoms in total. The van der Waals surface area contributed by atoms with Crippen LogP contribution in [0.15, 0.2) is 79.0 Å². The number of methoxy groups -OCH3 is 2. The number of fused-ring (bicyclic) bond motifs is 3. The highest BCUT2D eigenvalue weighted by molar-refractivity contribution is 5.89. The van der Waals surface area contributed by atoms with Crippen molar-refractivity contribution in [2.45, 2.75) is 19.6 Å². The van der Waals surface area contributed by atoms with E-state index in [1.807, 2.05) is 54.7 Å². The Morgan fingerprint density at radius 2 is 1.51 bits per heavy atom. The number of nitrogens with zero attached hydrogens (tertiary/aromatic N) is 4. The Morgan fingerprint density at radius 3 is 2.21 bits per heavy atom. The zero-order chi connectivity index (χ0) is 27.0. The summed E-state index contributed by atoms with van der Waals surface area (Å²) < 4.78 is 16.4. The van der Waals surface area contributed by atoms with Crippen LogP contribution in [0.1, 0.15) is 16.7 Å². The second-order valence-electron chi connectivity index (χ2n) is 10.1. The third kappa shape index (κ3) is 6.87. The van der Waals surface area contributed by atoms with Crippen LogP contribution < -0.4 is 14.2 Å². The molecule has 0 N–H and O–H groups in total. The quantitative estimate of drug-likeness (QED) is 0.349. The molecule has 204 valence electrons. The molecule has 4 aromatic rings. The number of benzene rings is 3. The molecule has 1 aromatic heterocycles. The number of rotatable bonds is 6. The van der Waals surface area contributed by atoms with E-state index in [2.05, 4.69) is 46.0 Å². The van der Waals surface area contributed by atoms with E-state index in [4.69, 9.17) is 19.2 Å². The Labute approximate surface area is 231 Å². The third-order valence-corrected chi connectivity index (χ3v) is 7.33. The maximum absolute atomic E-state index is 6.24. The lowest BCUT2D eigenvalue weighted by atomic mass is 10.0. The summed E-state index contributed by atoms with van der Waals surface area (Å²) in [7, 11) is 5.56. The van der Waals surface area contributed by atoms with E-state index in [0.717, 1.165) is 68.6 Å². The molecule has 0 unspecified atom stereocenters. The van der Waals surface area contributed by atoms with Gasteiger partial charge in [0.1, 0.15) is 23.7 Å². The van der Waals surface area contributed by atoms with Crippen molar-refractivity contribution in [3.8, 4) is 17.2 Å². The van der Waals surface area contributed by atoms with E-state index in [-0.39, 0.29) is 0 Å². The summed E-state index contributed by atoms with van der Waals surface area (Å²) in [5.41, 5.74) is 4.83. The minimum atomic E-state index is 0.572. The second-order valence-corrected chi connectivity index (χ2v) is 10.1. The van der Waals surface area contributed by atoms with Crippen molar-refractivity contribution < 1.29 is 14.2 Å². The van der Waals surface area contributed by atoms with Crippen molar-refractivity contribution >= 4 is 10.9 Å². The van der Waals surface area contributed by atoms with Gasteiger partial charge in [-0.1, -0.05) is 36.4 Å². The van der Waals surface area contributed by atoms with Crippen LogP contribution in [0.3, 0.4) is 0 Å². The monoisotopic (exact) mass is 526 g/mol. The molecule has 39 heavy (non-hydrogen) atoms. The van der Waals surface area contributed by atoms with Gasteiger partial charge in [0.15, 0.2) is 5.75 Å². The molecule has 1 fully saturated rings. The van der Waals surface area contributed by atoms with Gasteiger partial charge in [0.05, 0.1) is 14.2 Å². The summed E-state index contributed by atoms with van der Waals surface area (Å²) in [6, 6.07) is 24.5. The van der Waals surface area contributed by atoms with Crippen molar-refractivity contribution in [2.24, 2.45) is 0 Å². The smallest absolute Gasteiger partial charge is 0.152 e. The fourth-order valence-electron chi connectivity index (χ4n) is 5.10. The molecule has 0 aliphatic carbocycles. The van der Waals surface area contributed by atoms with Gasteiger partial charge in [0.2, 0.25) is 0 Å². The summed E-state index contributed by atoms with van der Waals surface area (Å²) in [4.78, 5) is 12.0. The van der Waals surface area contributed by atoms with Crippen LogP contribution >= 0.6 is 0 Å². The molecule has 0 radical (unpaired) electrons. The van der Waals surface area contributed by atoms with Gasteiger partial charge in [0, 0.05) is 63.0 Å². The van der Waals surface area contributed by atoms with Crippen molar-refractivity contribution in [2.75, 3.05) is 54.2 Å². The largest absolute Gasteiger partial charge is 0.497 e. The van der Waals surface area contributed by atoms with E-state index < -0.39 is 0 Å². The molecule has 1 saturated heterocycles. The molecule has 0 bridgehead atoms. The number of pyridine rings is 1. The van der Waals surface area contributed by atoms with Crippen LogP contribution in [-0.2, 0) is 19.6 Å². The van der Waals surface area contributed by atoms with E-state index in [1.54, 1.807) is 14.2 Å². The third-order valence-electron chi connectivity index (χ3n) is 7.33. The fraction of sp³-hybridized carbons (Fsp3) is 0.344. The maximum atomic E-state index is 6.24. The molecular weight excluding hydrogens is 488 g/mol. The minimum Gasteiger partial charge on any atom is -0.497 e. The lowest BCUT2D eigenvalue weighted by molar-refractivity contribution is 0.0899. The molecule has 2 aliphatic rings. The summed E-state index contributed by atoms with van der Waals surface area (Å²) >= 11 is 0. The van der Waals surface area contributed by atoms with E-state index in [1.165, 1.54) is 22.1 Å². The van der Waals surface area contributed by atoms with Crippen molar-refractivity contribution in [3.05, 3.63) is 95.7 Å². The summed E-state index contributed by atoms with van der Waals surface area (Å²) in [6.45, 7) is 7.70. The van der Waals surface area contributed by atoms with Gasteiger partial charge >= 0.3 is 0 Å². The average Bonchev–Trinajstić information content (AvgIpc) is 2.99. The van der Waals surface area contributed by atoms with Crippen LogP contribution in [0.4, 0.5) is 0 Å². The average molecular weight is 527 g/mol. The van der Waals surface area contributed by atoms with Gasteiger partial charge in [-0.15, -0.1) is 0 Å². The highest BCUT2D eigenvalue weighted by atomic mass is 16.5. The number of likely N-dealkylation sites (N-methyl/N-ethyl adjacent to an activating group) is 1. The van der Waals surface area contributed by atoms with Crippen molar-refractivity contribution in [3.63, 3.8) is 0 Å². The van der Waals surface area contributed by atoms with Gasteiger partial charge in [-0.3, -0.25) is 14.8 Å². The molecule has 3 aromatic carbocycles. The number of piperazine rings is 1. The minimum absolute atomic E-state index is 0.572. The molecule has 6 rings (SSSR count). The van der Waals surface area contributed by atoms with Crippen molar-refractivity contribution in [1.82, 2.24) is 19.7 Å². The maximum Gasteiger partial charge on any atom is 0.152 e. The number of ether oxygens (including phenoxy) is 3. The number of hydrogen-bond donors (Lipinski definition) is 0. The summed E-state index contributed by atoms with van der Waals surface area (Å²) in [5.74, 6) is 2.74. The van der Waals surface area contributed by atoms with Gasteiger partial charge in [0.25, 0.3) is 0 Å². The van der Waals surface area contributed by atoms with Crippen LogP contribution in [0.2, 0.25) is 0 Å². The zero-order valence-electron chi connectivity index (χ0n) is 23.2. The van der Waals surface area contributed by atoms with Gasteiger partial charge in [-0.2, -0.15) is 0 Å². The normalized spacial score (nSPS) is 16.1. The molecule has 0 atom stereocenters. The molecule has 0 saturated carbocycles. The van der Waals surface area contributed by atoms with Gasteiger partial charge in [-0.05, 0) is 54.6 Å². The first-order chi connectivity index (χ1) is 19.1. The SMILES string of the molecule is COc1ccc(CN2COc3c(cc(CN4CCN(C)CC4)c4cccnc34)C2)cc1.COc1ccccc1. The number of para-hydroxylation sites is 1. The Morgan fingerprint density at radius 1 is 0.795 bits per heavy atom. The summed E-state index contributed by atoms with van der Waals surface area (Å²) in [5, 5.41) is 1.21. The topological polar surface area (TPSA) is 50.3 Å². The zero-order valence-corrected chi connectivity index (χ0v) is 23.2. The molecular formula is C32H38N4O3. The first-order valence-corrected chi connectivity index (χ1v) is 13.5. The Balaban J connectivity index is 0.000000332. The van der Waals surface area contributed by atoms with Crippen LogP contribution in [0.25, 0.3) is 10.9 Å². The fourth-order valence-corrected chi connectivity index (χ4v) is 5.10. The molecule has 0 amide bonds. The van der Waals surface area contributed by atoms with Gasteiger partial charge < -0.3 is 19.1 Å². The number of hydrogen-bond acceptors (Lipinski definition) is 7. The Kier molecular flexibility index (Phi) is 8.93. The Bertz CT molecular complexity index is 1340. The summed E-state index contributed by atoms with van der Waals surface area (Å²) in [6.07, 6.45) is 1.87. The molecule has 0 spiro atoms. The highest BCUT2D eigenvalue weighted by Crippen LogP contribution is 2.35. The molecule has 7 heteroatoms. The van der Waals surface area contributed by atoms with Crippen molar-refractivity contribution in [1.29, 1.82) is 0 Å². The number of aromatic nitrogens is 1. The standard InChI is InChI=1S/C25H30N4O2.C7H8O/c1-27-10-12-28(13-11-27)16-20-14-21-17-29(15-19-5-7-22(30-2)8-6-19)18-31-25(21)24-23(20)4-3-9-26-24;1-8-7-5-3-2-4-6-7/h3-9,14H,10-13,15-18H2,1-2H3;2-6H,1H3. The van der Waals surface area contributed by atoms with E-state index in [9.17, 15) is 0 Å². The predicted molar refractivity (Wildman–Crippen MR) is 155 cm³/mol. The molecule has 2 aliphatic heterocycles. The Hall–Kier alpha value is -3.65. The van der Waals surface area contributed by atoms with E-state index in [0.29, 0.717) is 6.73 Å².